The van der Waals surface area contributed by atoms with Crippen molar-refractivity contribution in [2.45, 2.75) is 18.9 Å². The van der Waals surface area contributed by atoms with Crippen LogP contribution in [0.5, 0.6) is 17.2 Å². The molecule has 0 aliphatic carbocycles. The summed E-state index contributed by atoms with van der Waals surface area (Å²) in [5.41, 5.74) is 1.17. The van der Waals surface area contributed by atoms with Crippen LogP contribution in [-0.2, 0) is 4.79 Å². The molecule has 1 atom stereocenters. The first kappa shape index (κ1) is 19.9. The number of ether oxygens (including phenoxy) is 3. The van der Waals surface area contributed by atoms with Crippen molar-refractivity contribution >= 4 is 17.5 Å². The van der Waals surface area contributed by atoms with Crippen molar-refractivity contribution in [1.29, 1.82) is 0 Å². The second kappa shape index (κ2) is 9.37. The minimum Gasteiger partial charge on any atom is -0.492 e. The van der Waals surface area contributed by atoms with Gasteiger partial charge in [-0.25, -0.2) is 0 Å². The van der Waals surface area contributed by atoms with Crippen LogP contribution in [0.25, 0.3) is 0 Å². The summed E-state index contributed by atoms with van der Waals surface area (Å²) in [5.74, 6) is 2.34. The Bertz CT molecular complexity index is 843. The summed E-state index contributed by atoms with van der Waals surface area (Å²) >= 11 is 5.86. The molecule has 7 heteroatoms. The summed E-state index contributed by atoms with van der Waals surface area (Å²) in [6.07, 6.45) is 2.11. The highest BCUT2D eigenvalue weighted by Crippen LogP contribution is 2.37. The predicted molar refractivity (Wildman–Crippen MR) is 111 cm³/mol. The molecule has 0 saturated carbocycles. The lowest BCUT2D eigenvalue weighted by Gasteiger charge is -2.26. The Morgan fingerprint density at radius 2 is 1.93 bits per heavy atom. The molecule has 2 aliphatic rings. The van der Waals surface area contributed by atoms with Gasteiger partial charge in [-0.3, -0.25) is 9.69 Å². The van der Waals surface area contributed by atoms with Crippen LogP contribution in [0.3, 0.4) is 0 Å². The van der Waals surface area contributed by atoms with Crippen LogP contribution in [-0.4, -0.2) is 50.3 Å². The quantitative estimate of drug-likeness (QED) is 0.700. The second-order valence-corrected chi connectivity index (χ2v) is 7.62. The molecule has 2 aliphatic heterocycles. The lowest BCUT2D eigenvalue weighted by molar-refractivity contribution is -0.122. The molecule has 2 aromatic carbocycles. The van der Waals surface area contributed by atoms with E-state index in [2.05, 4.69) is 22.3 Å². The zero-order valence-electron chi connectivity index (χ0n) is 16.2. The number of fused-ring (bicyclic) bond motifs is 1. The van der Waals surface area contributed by atoms with Gasteiger partial charge in [-0.2, -0.15) is 0 Å². The molecule has 29 heavy (non-hydrogen) atoms. The molecule has 0 radical (unpaired) electrons. The van der Waals surface area contributed by atoms with Crippen LogP contribution < -0.4 is 19.5 Å². The van der Waals surface area contributed by atoms with E-state index in [0.29, 0.717) is 37.9 Å². The summed E-state index contributed by atoms with van der Waals surface area (Å²) in [7, 11) is 0. The fraction of sp³-hybridized carbons (Fsp3) is 0.409. The van der Waals surface area contributed by atoms with Gasteiger partial charge in [0, 0.05) is 11.1 Å². The van der Waals surface area contributed by atoms with Gasteiger partial charge in [0.1, 0.15) is 25.6 Å². The third-order valence-electron chi connectivity index (χ3n) is 5.17. The molecule has 0 spiro atoms. The van der Waals surface area contributed by atoms with Gasteiger partial charge in [-0.15, -0.1) is 0 Å². The molecular weight excluding hydrogens is 392 g/mol. The van der Waals surface area contributed by atoms with E-state index in [1.165, 1.54) is 5.56 Å². The molecule has 4 rings (SSSR count). The Labute approximate surface area is 175 Å². The lowest BCUT2D eigenvalue weighted by atomic mass is 10.0. The Morgan fingerprint density at radius 3 is 2.76 bits per heavy atom. The average Bonchev–Trinajstić information content (AvgIpc) is 3.20. The molecule has 1 fully saturated rings. The number of hydrogen-bond donors (Lipinski definition) is 1. The first-order valence-electron chi connectivity index (χ1n) is 9.98. The van der Waals surface area contributed by atoms with Gasteiger partial charge < -0.3 is 19.5 Å². The standard InChI is InChI=1S/C22H25ClN2O4/c23-17-4-6-18(7-5-17)27-11-9-24-22(26)15-25-10-1-2-19(25)16-3-8-20-21(14-16)29-13-12-28-20/h3-8,14,19H,1-2,9-13,15H2,(H,24,26)/t19-/m1/s1. The zero-order valence-corrected chi connectivity index (χ0v) is 17.0. The van der Waals surface area contributed by atoms with Crippen molar-refractivity contribution in [3.05, 3.63) is 53.1 Å². The van der Waals surface area contributed by atoms with Crippen molar-refractivity contribution in [3.8, 4) is 17.2 Å². The van der Waals surface area contributed by atoms with Gasteiger partial charge in [0.15, 0.2) is 11.5 Å². The van der Waals surface area contributed by atoms with Gasteiger partial charge in [-0.05, 0) is 61.3 Å². The molecule has 154 valence electrons. The molecule has 1 saturated heterocycles. The maximum absolute atomic E-state index is 12.4. The first-order chi connectivity index (χ1) is 14.2. The Hall–Kier alpha value is -2.44. The van der Waals surface area contributed by atoms with Crippen molar-refractivity contribution in [2.75, 3.05) is 39.5 Å². The van der Waals surface area contributed by atoms with Crippen LogP contribution in [0, 0.1) is 0 Å². The topological polar surface area (TPSA) is 60.0 Å². The van der Waals surface area contributed by atoms with Gasteiger partial charge >= 0.3 is 0 Å². The van der Waals surface area contributed by atoms with E-state index in [4.69, 9.17) is 25.8 Å². The fourth-order valence-corrected chi connectivity index (χ4v) is 3.92. The number of carbonyl (C=O) groups excluding carboxylic acids is 1. The van der Waals surface area contributed by atoms with Crippen LogP contribution in [0.2, 0.25) is 5.02 Å². The van der Waals surface area contributed by atoms with Crippen molar-refractivity contribution in [2.24, 2.45) is 0 Å². The largest absolute Gasteiger partial charge is 0.492 e. The van der Waals surface area contributed by atoms with Crippen LogP contribution in [0.1, 0.15) is 24.4 Å². The molecule has 6 nitrogen and oxygen atoms in total. The van der Waals surface area contributed by atoms with Crippen molar-refractivity contribution in [1.82, 2.24) is 10.2 Å². The van der Waals surface area contributed by atoms with E-state index in [1.54, 1.807) is 12.1 Å². The van der Waals surface area contributed by atoms with Crippen LogP contribution in [0.15, 0.2) is 42.5 Å². The maximum Gasteiger partial charge on any atom is 0.234 e. The van der Waals surface area contributed by atoms with E-state index in [-0.39, 0.29) is 11.9 Å². The van der Waals surface area contributed by atoms with Crippen molar-refractivity contribution < 1.29 is 19.0 Å². The Balaban J connectivity index is 1.26. The fourth-order valence-electron chi connectivity index (χ4n) is 3.79. The Morgan fingerprint density at radius 1 is 1.14 bits per heavy atom. The number of benzene rings is 2. The van der Waals surface area contributed by atoms with E-state index >= 15 is 0 Å². The zero-order chi connectivity index (χ0) is 20.1. The summed E-state index contributed by atoms with van der Waals surface area (Å²) in [6.45, 7) is 3.33. The highest BCUT2D eigenvalue weighted by Gasteiger charge is 2.28. The molecule has 1 N–H and O–H groups in total. The average molecular weight is 417 g/mol. The van der Waals surface area contributed by atoms with E-state index in [1.807, 2.05) is 18.2 Å². The van der Waals surface area contributed by atoms with Crippen LogP contribution >= 0.6 is 11.6 Å². The van der Waals surface area contributed by atoms with E-state index in [9.17, 15) is 4.79 Å². The summed E-state index contributed by atoms with van der Waals surface area (Å²) in [6, 6.07) is 13.5. The highest BCUT2D eigenvalue weighted by atomic mass is 35.5. The lowest BCUT2D eigenvalue weighted by Crippen LogP contribution is -2.38. The summed E-state index contributed by atoms with van der Waals surface area (Å²) in [5, 5.41) is 3.61. The minimum absolute atomic E-state index is 0.00847. The first-order valence-corrected chi connectivity index (χ1v) is 10.4. The number of likely N-dealkylation sites (tertiary alicyclic amines) is 1. The Kier molecular flexibility index (Phi) is 6.42. The molecule has 0 aromatic heterocycles. The third kappa shape index (κ3) is 5.14. The molecular formula is C22H25ClN2O4. The molecule has 2 aromatic rings. The number of rotatable bonds is 7. The van der Waals surface area contributed by atoms with Gasteiger partial charge in [0.05, 0.1) is 13.1 Å². The van der Waals surface area contributed by atoms with Gasteiger partial charge in [-0.1, -0.05) is 17.7 Å². The summed E-state index contributed by atoms with van der Waals surface area (Å²) in [4.78, 5) is 14.6. The normalized spacial score (nSPS) is 18.4. The number of nitrogens with zero attached hydrogens (tertiary/aromatic N) is 1. The molecule has 1 amide bonds. The predicted octanol–water partition coefficient (Wildman–Crippen LogP) is 3.44. The number of hydrogen-bond acceptors (Lipinski definition) is 5. The molecule has 0 unspecified atom stereocenters. The maximum atomic E-state index is 12.4. The smallest absolute Gasteiger partial charge is 0.234 e. The minimum atomic E-state index is 0.00847. The number of carbonyl (C=O) groups is 1. The number of amides is 1. The highest BCUT2D eigenvalue weighted by molar-refractivity contribution is 6.30. The number of halogens is 1. The molecule has 2 heterocycles. The second-order valence-electron chi connectivity index (χ2n) is 7.18. The monoisotopic (exact) mass is 416 g/mol. The van der Waals surface area contributed by atoms with Gasteiger partial charge in [0.2, 0.25) is 5.91 Å². The van der Waals surface area contributed by atoms with Crippen LogP contribution in [0.4, 0.5) is 0 Å². The van der Waals surface area contributed by atoms with Crippen molar-refractivity contribution in [3.63, 3.8) is 0 Å². The van der Waals surface area contributed by atoms with E-state index < -0.39 is 0 Å². The third-order valence-corrected chi connectivity index (χ3v) is 5.42. The number of nitrogens with one attached hydrogen (secondary N) is 1. The summed E-state index contributed by atoms with van der Waals surface area (Å²) < 4.78 is 16.9. The van der Waals surface area contributed by atoms with E-state index in [0.717, 1.165) is 36.6 Å². The SMILES string of the molecule is O=C(CN1CCC[C@@H]1c1ccc2c(c1)OCCO2)NCCOc1ccc(Cl)cc1. The van der Waals surface area contributed by atoms with Gasteiger partial charge in [0.25, 0.3) is 0 Å². The molecule has 0 bridgehead atoms.